The van der Waals surface area contributed by atoms with Gasteiger partial charge in [-0.2, -0.15) is 0 Å². The minimum absolute atomic E-state index is 0.114. The molecule has 0 saturated carbocycles. The van der Waals surface area contributed by atoms with Gasteiger partial charge in [-0.15, -0.1) is 0 Å². The van der Waals surface area contributed by atoms with Crippen molar-refractivity contribution in [2.45, 2.75) is 0 Å². The van der Waals surface area contributed by atoms with Crippen molar-refractivity contribution < 1.29 is 4.79 Å². The van der Waals surface area contributed by atoms with Crippen LogP contribution in [0.5, 0.6) is 0 Å². The average Bonchev–Trinajstić information content (AvgIpc) is 2.61. The predicted molar refractivity (Wildman–Crippen MR) is 93.6 cm³/mol. The van der Waals surface area contributed by atoms with Crippen LogP contribution in [0.3, 0.4) is 0 Å². The third-order valence-corrected chi connectivity index (χ3v) is 3.93. The van der Waals surface area contributed by atoms with Gasteiger partial charge in [-0.05, 0) is 40.4 Å². The molecule has 3 nitrogen and oxygen atoms in total. The summed E-state index contributed by atoms with van der Waals surface area (Å²) in [6.07, 6.45) is 3.47. The fourth-order valence-electron chi connectivity index (χ4n) is 2.79. The van der Waals surface area contributed by atoms with Crippen molar-refractivity contribution in [2.24, 2.45) is 0 Å². The lowest BCUT2D eigenvalue weighted by atomic mass is 10.1. The van der Waals surface area contributed by atoms with Crippen LogP contribution in [0, 0.1) is 0 Å². The number of nitrogens with zero attached hydrogens (tertiary/aromatic N) is 1. The number of rotatable bonds is 2. The molecule has 23 heavy (non-hydrogen) atoms. The SMILES string of the molecule is O=C(Nc1ccc2ccccc2c1)c1cccc2cnccc12. The van der Waals surface area contributed by atoms with Crippen LogP contribution < -0.4 is 5.32 Å². The highest BCUT2D eigenvalue weighted by atomic mass is 16.1. The molecule has 0 saturated heterocycles. The number of hydrogen-bond acceptors (Lipinski definition) is 2. The first-order chi connectivity index (χ1) is 11.3. The largest absolute Gasteiger partial charge is 0.322 e. The molecule has 4 rings (SSSR count). The molecule has 0 atom stereocenters. The molecule has 0 spiro atoms. The number of hydrogen-bond donors (Lipinski definition) is 1. The van der Waals surface area contributed by atoms with Crippen molar-refractivity contribution in [3.8, 4) is 0 Å². The standard InChI is InChI=1S/C20H14N2O/c23-20(19-7-3-6-16-13-21-11-10-18(16)19)22-17-9-8-14-4-1-2-5-15(14)12-17/h1-13H,(H,22,23). The molecule has 1 aromatic heterocycles. The Kier molecular flexibility index (Phi) is 3.24. The van der Waals surface area contributed by atoms with E-state index >= 15 is 0 Å². The molecule has 0 bridgehead atoms. The van der Waals surface area contributed by atoms with Crippen LogP contribution in [0.25, 0.3) is 21.5 Å². The first kappa shape index (κ1) is 13.5. The highest BCUT2D eigenvalue weighted by Gasteiger charge is 2.10. The minimum Gasteiger partial charge on any atom is -0.322 e. The summed E-state index contributed by atoms with van der Waals surface area (Å²) in [5.41, 5.74) is 1.44. The maximum atomic E-state index is 12.6. The van der Waals surface area contributed by atoms with Crippen LogP contribution in [-0.2, 0) is 0 Å². The number of anilines is 1. The molecule has 0 aliphatic heterocycles. The third-order valence-electron chi connectivity index (χ3n) is 3.93. The van der Waals surface area contributed by atoms with Gasteiger partial charge in [-0.25, -0.2) is 0 Å². The number of amides is 1. The van der Waals surface area contributed by atoms with E-state index < -0.39 is 0 Å². The molecule has 1 heterocycles. The number of fused-ring (bicyclic) bond motifs is 2. The van der Waals surface area contributed by atoms with Gasteiger partial charge in [0.25, 0.3) is 5.91 Å². The van der Waals surface area contributed by atoms with Gasteiger partial charge in [-0.3, -0.25) is 9.78 Å². The van der Waals surface area contributed by atoms with E-state index in [1.54, 1.807) is 12.4 Å². The zero-order chi connectivity index (χ0) is 15.6. The molecule has 0 fully saturated rings. The van der Waals surface area contributed by atoms with Crippen LogP contribution in [0.2, 0.25) is 0 Å². The fourth-order valence-corrected chi connectivity index (χ4v) is 2.79. The third kappa shape index (κ3) is 2.53. The molecule has 1 amide bonds. The Balaban J connectivity index is 1.70. The summed E-state index contributed by atoms with van der Waals surface area (Å²) in [5.74, 6) is -0.114. The summed E-state index contributed by atoms with van der Waals surface area (Å²) in [7, 11) is 0. The van der Waals surface area contributed by atoms with Gasteiger partial charge in [0.1, 0.15) is 0 Å². The predicted octanol–water partition coefficient (Wildman–Crippen LogP) is 4.64. The number of pyridine rings is 1. The number of carbonyl (C=O) groups is 1. The molecule has 3 aromatic carbocycles. The van der Waals surface area contributed by atoms with Gasteiger partial charge in [0.15, 0.2) is 0 Å². The van der Waals surface area contributed by atoms with Crippen molar-refractivity contribution >= 4 is 33.1 Å². The van der Waals surface area contributed by atoms with Crippen molar-refractivity contribution in [1.82, 2.24) is 4.98 Å². The summed E-state index contributed by atoms with van der Waals surface area (Å²) < 4.78 is 0. The Morgan fingerprint density at radius 1 is 0.826 bits per heavy atom. The van der Waals surface area contributed by atoms with Gasteiger partial charge < -0.3 is 5.32 Å². The van der Waals surface area contributed by atoms with Crippen molar-refractivity contribution in [3.63, 3.8) is 0 Å². The minimum atomic E-state index is -0.114. The van der Waals surface area contributed by atoms with E-state index in [0.717, 1.165) is 27.2 Å². The Hall–Kier alpha value is -3.20. The number of aromatic nitrogens is 1. The molecule has 0 aliphatic carbocycles. The molecule has 110 valence electrons. The summed E-state index contributed by atoms with van der Waals surface area (Å²) in [5, 5.41) is 7.10. The second kappa shape index (κ2) is 5.54. The lowest BCUT2D eigenvalue weighted by Crippen LogP contribution is -2.12. The Morgan fingerprint density at radius 2 is 1.65 bits per heavy atom. The van der Waals surface area contributed by atoms with Gasteiger partial charge in [-0.1, -0.05) is 42.5 Å². The van der Waals surface area contributed by atoms with E-state index in [-0.39, 0.29) is 5.91 Å². The monoisotopic (exact) mass is 298 g/mol. The average molecular weight is 298 g/mol. The smallest absolute Gasteiger partial charge is 0.256 e. The van der Waals surface area contributed by atoms with Crippen LogP contribution in [-0.4, -0.2) is 10.9 Å². The van der Waals surface area contributed by atoms with E-state index in [4.69, 9.17) is 0 Å². The van der Waals surface area contributed by atoms with E-state index in [0.29, 0.717) is 5.56 Å². The van der Waals surface area contributed by atoms with E-state index in [9.17, 15) is 4.79 Å². The van der Waals surface area contributed by atoms with Gasteiger partial charge in [0, 0.05) is 29.0 Å². The molecule has 0 aliphatic rings. The fraction of sp³-hybridized carbons (Fsp3) is 0. The van der Waals surface area contributed by atoms with Gasteiger partial charge >= 0.3 is 0 Å². The second-order valence-corrected chi connectivity index (χ2v) is 5.42. The zero-order valence-electron chi connectivity index (χ0n) is 12.4. The molecule has 0 radical (unpaired) electrons. The summed E-state index contributed by atoms with van der Waals surface area (Å²) in [6, 6.07) is 21.5. The molecule has 1 N–H and O–H groups in total. The molecule has 0 unspecified atom stereocenters. The Morgan fingerprint density at radius 3 is 2.57 bits per heavy atom. The Bertz CT molecular complexity index is 1020. The van der Waals surface area contributed by atoms with E-state index in [1.165, 1.54) is 0 Å². The van der Waals surface area contributed by atoms with E-state index in [1.807, 2.05) is 60.7 Å². The van der Waals surface area contributed by atoms with Gasteiger partial charge in [0.05, 0.1) is 0 Å². The van der Waals surface area contributed by atoms with Crippen LogP contribution in [0.4, 0.5) is 5.69 Å². The number of benzene rings is 3. The lowest BCUT2D eigenvalue weighted by molar-refractivity contribution is 0.102. The van der Waals surface area contributed by atoms with Gasteiger partial charge in [0.2, 0.25) is 0 Å². The zero-order valence-corrected chi connectivity index (χ0v) is 12.4. The normalized spacial score (nSPS) is 10.8. The maximum Gasteiger partial charge on any atom is 0.256 e. The first-order valence-electron chi connectivity index (χ1n) is 7.44. The summed E-state index contributed by atoms with van der Waals surface area (Å²) in [6.45, 7) is 0. The van der Waals surface area contributed by atoms with Crippen LogP contribution >= 0.6 is 0 Å². The lowest BCUT2D eigenvalue weighted by Gasteiger charge is -2.09. The number of carbonyl (C=O) groups excluding carboxylic acids is 1. The quantitative estimate of drug-likeness (QED) is 0.585. The van der Waals surface area contributed by atoms with Crippen molar-refractivity contribution in [2.75, 3.05) is 5.32 Å². The maximum absolute atomic E-state index is 12.6. The van der Waals surface area contributed by atoms with Crippen molar-refractivity contribution in [3.05, 3.63) is 84.7 Å². The summed E-state index contributed by atoms with van der Waals surface area (Å²) >= 11 is 0. The van der Waals surface area contributed by atoms with Crippen molar-refractivity contribution in [1.29, 1.82) is 0 Å². The number of nitrogens with one attached hydrogen (secondary N) is 1. The van der Waals surface area contributed by atoms with Crippen LogP contribution in [0.15, 0.2) is 79.1 Å². The molecule has 3 heteroatoms. The second-order valence-electron chi connectivity index (χ2n) is 5.42. The molecular formula is C20H14N2O. The molecule has 4 aromatic rings. The molecular weight excluding hydrogens is 284 g/mol. The van der Waals surface area contributed by atoms with Crippen LogP contribution in [0.1, 0.15) is 10.4 Å². The highest BCUT2D eigenvalue weighted by Crippen LogP contribution is 2.22. The highest BCUT2D eigenvalue weighted by molar-refractivity contribution is 6.13. The van der Waals surface area contributed by atoms with E-state index in [2.05, 4.69) is 16.4 Å². The topological polar surface area (TPSA) is 42.0 Å². The summed E-state index contributed by atoms with van der Waals surface area (Å²) in [4.78, 5) is 16.7. The Labute approximate surface area is 133 Å². The first-order valence-corrected chi connectivity index (χ1v) is 7.44.